The predicted octanol–water partition coefficient (Wildman–Crippen LogP) is 4.48. The molecule has 0 N–H and O–H groups in total. The van der Waals surface area contributed by atoms with Gasteiger partial charge in [0.25, 0.3) is 0 Å². The fourth-order valence-electron chi connectivity index (χ4n) is 4.05. The van der Waals surface area contributed by atoms with E-state index in [1.165, 1.54) is 19.3 Å². The molecule has 0 spiro atoms. The molecule has 105 valence electrons. The van der Waals surface area contributed by atoms with Gasteiger partial charge in [-0.25, -0.2) is 4.79 Å². The van der Waals surface area contributed by atoms with Gasteiger partial charge in [0.2, 0.25) is 0 Å². The van der Waals surface area contributed by atoms with Crippen LogP contribution in [0.25, 0.3) is 0 Å². The molecule has 0 heterocycles. The highest BCUT2D eigenvalue weighted by Gasteiger charge is 2.44. The van der Waals surface area contributed by atoms with E-state index in [2.05, 4.69) is 27.7 Å². The summed E-state index contributed by atoms with van der Waals surface area (Å²) >= 11 is 0. The van der Waals surface area contributed by atoms with Gasteiger partial charge < -0.3 is 4.74 Å². The Kier molecular flexibility index (Phi) is 6.17. The monoisotopic (exact) mass is 253 g/mol. The third-order valence-electron chi connectivity index (χ3n) is 4.70. The molecule has 1 radical (unpaired) electrons. The van der Waals surface area contributed by atoms with Gasteiger partial charge >= 0.3 is 6.47 Å². The zero-order valence-corrected chi connectivity index (χ0v) is 12.5. The van der Waals surface area contributed by atoms with Gasteiger partial charge in [0, 0.05) is 5.92 Å². The van der Waals surface area contributed by atoms with Gasteiger partial charge in [0.1, 0.15) is 5.60 Å². The van der Waals surface area contributed by atoms with Crippen molar-refractivity contribution < 1.29 is 9.53 Å². The lowest BCUT2D eigenvalue weighted by atomic mass is 9.65. The first-order valence-corrected chi connectivity index (χ1v) is 7.64. The van der Waals surface area contributed by atoms with Crippen LogP contribution in [0.1, 0.15) is 72.6 Å². The molecule has 0 saturated heterocycles. The maximum absolute atomic E-state index is 10.8. The van der Waals surface area contributed by atoms with E-state index in [-0.39, 0.29) is 5.60 Å². The molecule has 2 nitrogen and oxygen atoms in total. The first-order chi connectivity index (χ1) is 8.59. The van der Waals surface area contributed by atoms with Crippen LogP contribution in [0.2, 0.25) is 0 Å². The summed E-state index contributed by atoms with van der Waals surface area (Å²) in [5.74, 6) is 1.99. The summed E-state index contributed by atoms with van der Waals surface area (Å²) in [4.78, 5) is 10.8. The van der Waals surface area contributed by atoms with Gasteiger partial charge in [-0.2, -0.15) is 0 Å². The molecule has 1 aliphatic rings. The van der Waals surface area contributed by atoms with Crippen LogP contribution in [0, 0.1) is 17.8 Å². The highest BCUT2D eigenvalue weighted by molar-refractivity contribution is 5.39. The van der Waals surface area contributed by atoms with Gasteiger partial charge in [0.15, 0.2) is 0 Å². The van der Waals surface area contributed by atoms with Crippen molar-refractivity contribution in [2.45, 2.75) is 78.2 Å². The van der Waals surface area contributed by atoms with E-state index in [4.69, 9.17) is 4.74 Å². The Balaban J connectivity index is 2.88. The zero-order valence-electron chi connectivity index (χ0n) is 12.5. The highest BCUT2D eigenvalue weighted by Crippen LogP contribution is 2.45. The predicted molar refractivity (Wildman–Crippen MR) is 75.0 cm³/mol. The molecule has 1 saturated carbocycles. The standard InChI is InChI=1S/C16H29O2/c1-5-9-16(10-6-2,18-12-17)15-8-7-13(3)11-14(15)4/h13-15H,5-11H2,1-4H3. The normalized spacial score (nSPS) is 29.0. The van der Waals surface area contributed by atoms with Gasteiger partial charge in [-0.3, -0.25) is 0 Å². The molecule has 3 unspecified atom stereocenters. The third-order valence-corrected chi connectivity index (χ3v) is 4.70. The van der Waals surface area contributed by atoms with Crippen molar-refractivity contribution in [3.8, 4) is 0 Å². The second-order valence-electron chi connectivity index (χ2n) is 6.25. The van der Waals surface area contributed by atoms with Crippen molar-refractivity contribution in [2.75, 3.05) is 0 Å². The Hall–Kier alpha value is -0.530. The van der Waals surface area contributed by atoms with E-state index >= 15 is 0 Å². The average Bonchev–Trinajstić information content (AvgIpc) is 2.29. The topological polar surface area (TPSA) is 26.3 Å². The molecule has 0 aromatic carbocycles. The fourth-order valence-corrected chi connectivity index (χ4v) is 4.05. The second kappa shape index (κ2) is 7.16. The smallest absolute Gasteiger partial charge is 0.418 e. The van der Waals surface area contributed by atoms with Crippen LogP contribution in [0.15, 0.2) is 0 Å². The minimum atomic E-state index is -0.245. The molecule has 18 heavy (non-hydrogen) atoms. The Morgan fingerprint density at radius 2 is 1.78 bits per heavy atom. The lowest BCUT2D eigenvalue weighted by Crippen LogP contribution is -2.45. The minimum absolute atomic E-state index is 0.245. The molecule has 0 amide bonds. The summed E-state index contributed by atoms with van der Waals surface area (Å²) in [6.07, 6.45) is 7.85. The summed E-state index contributed by atoms with van der Waals surface area (Å²) in [6.45, 7) is 10.8. The van der Waals surface area contributed by atoms with Crippen LogP contribution in [-0.2, 0) is 9.53 Å². The van der Waals surface area contributed by atoms with E-state index in [1.807, 2.05) is 0 Å². The molecule has 0 bridgehead atoms. The van der Waals surface area contributed by atoms with Crippen molar-refractivity contribution in [1.29, 1.82) is 0 Å². The Morgan fingerprint density at radius 1 is 1.17 bits per heavy atom. The van der Waals surface area contributed by atoms with Crippen molar-refractivity contribution >= 4 is 6.47 Å². The van der Waals surface area contributed by atoms with Crippen molar-refractivity contribution in [2.24, 2.45) is 17.8 Å². The van der Waals surface area contributed by atoms with Crippen LogP contribution in [0.5, 0.6) is 0 Å². The first-order valence-electron chi connectivity index (χ1n) is 7.64. The van der Waals surface area contributed by atoms with Crippen molar-refractivity contribution in [3.63, 3.8) is 0 Å². The zero-order chi connectivity index (χ0) is 13.6. The molecular weight excluding hydrogens is 224 g/mol. The summed E-state index contributed by atoms with van der Waals surface area (Å²) in [6, 6.07) is 0. The molecular formula is C16H29O2. The highest BCUT2D eigenvalue weighted by atomic mass is 16.5. The van der Waals surface area contributed by atoms with Crippen molar-refractivity contribution in [1.82, 2.24) is 0 Å². The fraction of sp³-hybridized carbons (Fsp3) is 0.938. The summed E-state index contributed by atoms with van der Waals surface area (Å²) in [5, 5.41) is 0. The largest absolute Gasteiger partial charge is 0.450 e. The van der Waals surface area contributed by atoms with Crippen LogP contribution >= 0.6 is 0 Å². The van der Waals surface area contributed by atoms with E-state index < -0.39 is 0 Å². The van der Waals surface area contributed by atoms with Crippen LogP contribution in [-0.4, -0.2) is 12.1 Å². The number of hydrogen-bond donors (Lipinski definition) is 0. The molecule has 1 rings (SSSR count). The van der Waals surface area contributed by atoms with E-state index in [1.54, 1.807) is 6.47 Å². The Morgan fingerprint density at radius 3 is 2.22 bits per heavy atom. The maximum atomic E-state index is 10.8. The summed E-state index contributed by atoms with van der Waals surface area (Å²) < 4.78 is 5.55. The first kappa shape index (κ1) is 15.5. The van der Waals surface area contributed by atoms with E-state index in [0.717, 1.165) is 31.6 Å². The quantitative estimate of drug-likeness (QED) is 0.668. The van der Waals surface area contributed by atoms with Crippen LogP contribution in [0.4, 0.5) is 0 Å². The van der Waals surface area contributed by atoms with Gasteiger partial charge in [-0.1, -0.05) is 47.0 Å². The molecule has 0 aromatic heterocycles. The lowest BCUT2D eigenvalue weighted by Gasteiger charge is -2.45. The number of ether oxygens (including phenoxy) is 1. The van der Waals surface area contributed by atoms with Crippen LogP contribution < -0.4 is 0 Å². The number of carbonyl (C=O) groups excluding carboxylic acids is 1. The van der Waals surface area contributed by atoms with E-state index in [9.17, 15) is 4.79 Å². The molecule has 2 heteroatoms. The van der Waals surface area contributed by atoms with Gasteiger partial charge in [0.05, 0.1) is 0 Å². The number of hydrogen-bond acceptors (Lipinski definition) is 2. The summed E-state index contributed by atoms with van der Waals surface area (Å²) in [7, 11) is 0. The maximum Gasteiger partial charge on any atom is 0.418 e. The van der Waals surface area contributed by atoms with Gasteiger partial charge in [-0.15, -0.1) is 0 Å². The Bertz CT molecular complexity index is 243. The molecule has 1 fully saturated rings. The van der Waals surface area contributed by atoms with Crippen molar-refractivity contribution in [3.05, 3.63) is 0 Å². The van der Waals surface area contributed by atoms with Crippen LogP contribution in [0.3, 0.4) is 0 Å². The average molecular weight is 253 g/mol. The van der Waals surface area contributed by atoms with Gasteiger partial charge in [-0.05, 0) is 37.5 Å². The second-order valence-corrected chi connectivity index (χ2v) is 6.25. The molecule has 3 atom stereocenters. The Labute approximate surface area is 112 Å². The molecule has 0 aromatic rings. The number of rotatable bonds is 7. The summed E-state index contributed by atoms with van der Waals surface area (Å²) in [5.41, 5.74) is -0.245. The SMILES string of the molecule is CCCC(CCC)(O[C]=O)C1CCC(C)CC1C. The van der Waals surface area contributed by atoms with E-state index in [0.29, 0.717) is 11.8 Å². The lowest BCUT2D eigenvalue weighted by molar-refractivity contribution is -0.0622. The molecule has 0 aliphatic heterocycles. The molecule has 1 aliphatic carbocycles. The third kappa shape index (κ3) is 3.49. The minimum Gasteiger partial charge on any atom is -0.450 e.